The molecule has 21 heavy (non-hydrogen) atoms. The summed E-state index contributed by atoms with van der Waals surface area (Å²) in [4.78, 5) is 23.8. The van der Waals surface area contributed by atoms with Gasteiger partial charge in [-0.2, -0.15) is 0 Å². The molecule has 4 nitrogen and oxygen atoms in total. The maximum absolute atomic E-state index is 12.4. The Morgan fingerprint density at radius 2 is 1.71 bits per heavy atom. The van der Waals surface area contributed by atoms with Crippen molar-refractivity contribution in [1.29, 1.82) is 0 Å². The van der Waals surface area contributed by atoms with E-state index in [4.69, 9.17) is 0 Å². The molecular weight excluding hydrogens is 266 g/mol. The molecule has 0 atom stereocenters. The third-order valence-corrected chi connectivity index (χ3v) is 4.88. The van der Waals surface area contributed by atoms with Gasteiger partial charge >= 0.3 is 5.97 Å². The van der Waals surface area contributed by atoms with Gasteiger partial charge < -0.3 is 10.4 Å². The highest BCUT2D eigenvalue weighted by Gasteiger charge is 2.44. The molecule has 0 radical (unpaired) electrons. The number of nitrogens with one attached hydrogen (secondary N) is 1. The molecule has 0 aliphatic heterocycles. The van der Waals surface area contributed by atoms with Gasteiger partial charge in [-0.3, -0.25) is 9.59 Å². The second-order valence-electron chi connectivity index (χ2n) is 6.85. The Balaban J connectivity index is 2.20. The van der Waals surface area contributed by atoms with E-state index in [1.54, 1.807) is 27.7 Å². The monoisotopic (exact) mass is 289 g/mol. The number of aliphatic carboxylic acids is 1. The molecule has 0 saturated heterocycles. The molecule has 1 amide bonds. The molecular formula is C17H23NO3. The summed E-state index contributed by atoms with van der Waals surface area (Å²) in [6.45, 7) is 6.73. The predicted molar refractivity (Wildman–Crippen MR) is 81.4 cm³/mol. The number of fused-ring (bicyclic) bond motifs is 1. The number of amides is 1. The highest BCUT2D eigenvalue weighted by Crippen LogP contribution is 2.31. The lowest BCUT2D eigenvalue weighted by molar-refractivity contribution is -0.150. The number of hydrogen-bond donors (Lipinski definition) is 2. The maximum Gasteiger partial charge on any atom is 0.311 e. The Hall–Kier alpha value is -1.84. The van der Waals surface area contributed by atoms with Gasteiger partial charge in [-0.25, -0.2) is 0 Å². The van der Waals surface area contributed by atoms with Crippen molar-refractivity contribution >= 4 is 11.9 Å². The van der Waals surface area contributed by atoms with Gasteiger partial charge in [-0.15, -0.1) is 0 Å². The lowest BCUT2D eigenvalue weighted by Gasteiger charge is -2.38. The first-order valence-electron chi connectivity index (χ1n) is 7.33. The number of carbonyl (C=O) groups is 2. The van der Waals surface area contributed by atoms with Crippen LogP contribution in [0.15, 0.2) is 18.2 Å². The van der Waals surface area contributed by atoms with Gasteiger partial charge in [0.25, 0.3) is 5.91 Å². The van der Waals surface area contributed by atoms with E-state index < -0.39 is 16.9 Å². The van der Waals surface area contributed by atoms with Crippen molar-refractivity contribution in [3.63, 3.8) is 0 Å². The van der Waals surface area contributed by atoms with Crippen LogP contribution < -0.4 is 5.32 Å². The van der Waals surface area contributed by atoms with Crippen LogP contribution in [0.4, 0.5) is 0 Å². The van der Waals surface area contributed by atoms with Crippen LogP contribution in [0.3, 0.4) is 0 Å². The predicted octanol–water partition coefficient (Wildman–Crippen LogP) is 2.79. The largest absolute Gasteiger partial charge is 0.481 e. The van der Waals surface area contributed by atoms with Crippen LogP contribution in [0.1, 0.15) is 55.6 Å². The molecule has 1 aromatic carbocycles. The normalized spacial score (nSPS) is 14.7. The zero-order chi connectivity index (χ0) is 15.8. The van der Waals surface area contributed by atoms with Crippen molar-refractivity contribution in [3.8, 4) is 0 Å². The second-order valence-corrected chi connectivity index (χ2v) is 6.85. The molecule has 0 heterocycles. The van der Waals surface area contributed by atoms with Crippen molar-refractivity contribution in [2.45, 2.75) is 52.5 Å². The van der Waals surface area contributed by atoms with E-state index >= 15 is 0 Å². The van der Waals surface area contributed by atoms with Gasteiger partial charge in [0.2, 0.25) is 0 Å². The molecule has 1 aromatic rings. The summed E-state index contributed by atoms with van der Waals surface area (Å²) in [6, 6.07) is 5.76. The van der Waals surface area contributed by atoms with E-state index in [0.717, 1.165) is 19.3 Å². The fourth-order valence-electron chi connectivity index (χ4n) is 2.49. The lowest BCUT2D eigenvalue weighted by Crippen LogP contribution is -2.56. The topological polar surface area (TPSA) is 66.4 Å². The Morgan fingerprint density at radius 1 is 1.10 bits per heavy atom. The van der Waals surface area contributed by atoms with Crippen LogP contribution in [-0.2, 0) is 17.6 Å². The molecule has 0 saturated carbocycles. The summed E-state index contributed by atoms with van der Waals surface area (Å²) >= 11 is 0. The van der Waals surface area contributed by atoms with Gasteiger partial charge in [0.05, 0.1) is 11.0 Å². The molecule has 114 valence electrons. The molecule has 2 rings (SSSR count). The Morgan fingerprint density at radius 3 is 2.33 bits per heavy atom. The highest BCUT2D eigenvalue weighted by molar-refractivity contribution is 5.95. The summed E-state index contributed by atoms with van der Waals surface area (Å²) < 4.78 is 0. The average molecular weight is 289 g/mol. The highest BCUT2D eigenvalue weighted by atomic mass is 16.4. The van der Waals surface area contributed by atoms with E-state index in [1.165, 1.54) is 11.1 Å². The smallest absolute Gasteiger partial charge is 0.311 e. The first-order valence-corrected chi connectivity index (χ1v) is 7.33. The van der Waals surface area contributed by atoms with Crippen LogP contribution >= 0.6 is 0 Å². The summed E-state index contributed by atoms with van der Waals surface area (Å²) in [5.74, 6) is -1.15. The first kappa shape index (κ1) is 15.5. The van der Waals surface area contributed by atoms with Crippen LogP contribution in [0, 0.1) is 5.41 Å². The SMILES string of the molecule is CC(C)(NC(=O)c1ccc2c(c1)CCC2)C(C)(C)C(=O)O. The van der Waals surface area contributed by atoms with E-state index in [0.29, 0.717) is 5.56 Å². The van der Waals surface area contributed by atoms with E-state index in [2.05, 4.69) is 5.32 Å². The maximum atomic E-state index is 12.4. The summed E-state index contributed by atoms with van der Waals surface area (Å²) in [5.41, 5.74) is 1.24. The lowest BCUT2D eigenvalue weighted by atomic mass is 9.74. The number of hydrogen-bond acceptors (Lipinski definition) is 2. The molecule has 1 aliphatic rings. The third kappa shape index (κ3) is 2.80. The Bertz CT molecular complexity index is 588. The molecule has 0 unspecified atom stereocenters. The molecule has 0 bridgehead atoms. The van der Waals surface area contributed by atoms with E-state index in [1.807, 2.05) is 18.2 Å². The van der Waals surface area contributed by atoms with Crippen LogP contribution in [0.25, 0.3) is 0 Å². The van der Waals surface area contributed by atoms with Crippen molar-refractivity contribution in [2.75, 3.05) is 0 Å². The number of carboxylic acid groups (broad SMARTS) is 1. The summed E-state index contributed by atoms with van der Waals surface area (Å²) in [5, 5.41) is 12.2. The molecule has 0 spiro atoms. The molecule has 0 aromatic heterocycles. The van der Waals surface area contributed by atoms with E-state index in [9.17, 15) is 14.7 Å². The number of carboxylic acids is 1. The molecule has 1 aliphatic carbocycles. The number of benzene rings is 1. The van der Waals surface area contributed by atoms with Gasteiger partial charge in [-0.1, -0.05) is 6.07 Å². The quantitative estimate of drug-likeness (QED) is 0.895. The minimum absolute atomic E-state index is 0.218. The van der Waals surface area contributed by atoms with Crippen molar-refractivity contribution in [3.05, 3.63) is 34.9 Å². The number of carbonyl (C=O) groups excluding carboxylic acids is 1. The first-order chi connectivity index (χ1) is 9.65. The summed E-state index contributed by atoms with van der Waals surface area (Å²) in [7, 11) is 0. The van der Waals surface area contributed by atoms with Crippen molar-refractivity contribution in [1.82, 2.24) is 5.32 Å². The molecule has 2 N–H and O–H groups in total. The van der Waals surface area contributed by atoms with Crippen LogP contribution in [-0.4, -0.2) is 22.5 Å². The van der Waals surface area contributed by atoms with E-state index in [-0.39, 0.29) is 5.91 Å². The third-order valence-electron chi connectivity index (χ3n) is 4.88. The standard InChI is InChI=1S/C17H23NO3/c1-16(2,15(20)21)17(3,4)18-14(19)13-9-8-11-6-5-7-12(11)10-13/h8-10H,5-7H2,1-4H3,(H,18,19)(H,20,21). The minimum atomic E-state index is -1.06. The zero-order valence-electron chi connectivity index (χ0n) is 13.1. The van der Waals surface area contributed by atoms with Gasteiger partial charge in [-0.05, 0) is 70.2 Å². The van der Waals surface area contributed by atoms with Gasteiger partial charge in [0, 0.05) is 5.56 Å². The van der Waals surface area contributed by atoms with Gasteiger partial charge in [0.15, 0.2) is 0 Å². The summed E-state index contributed by atoms with van der Waals surface area (Å²) in [6.07, 6.45) is 3.23. The molecule has 4 heteroatoms. The fraction of sp³-hybridized carbons (Fsp3) is 0.529. The zero-order valence-corrected chi connectivity index (χ0v) is 13.1. The average Bonchev–Trinajstić information content (AvgIpc) is 2.84. The van der Waals surface area contributed by atoms with Crippen LogP contribution in [0.2, 0.25) is 0 Å². The number of aryl methyl sites for hydroxylation is 2. The number of rotatable bonds is 4. The van der Waals surface area contributed by atoms with Crippen molar-refractivity contribution in [2.24, 2.45) is 5.41 Å². The second kappa shape index (κ2) is 5.17. The Labute approximate surface area is 125 Å². The molecule has 0 fully saturated rings. The fourth-order valence-corrected chi connectivity index (χ4v) is 2.49. The van der Waals surface area contributed by atoms with Gasteiger partial charge in [0.1, 0.15) is 0 Å². The van der Waals surface area contributed by atoms with Crippen LogP contribution in [0.5, 0.6) is 0 Å². The Kier molecular flexibility index (Phi) is 3.83. The van der Waals surface area contributed by atoms with Crippen molar-refractivity contribution < 1.29 is 14.7 Å². The minimum Gasteiger partial charge on any atom is -0.481 e.